The summed E-state index contributed by atoms with van der Waals surface area (Å²) >= 11 is 0. The summed E-state index contributed by atoms with van der Waals surface area (Å²) in [4.78, 5) is 17.9. The molecule has 1 heterocycles. The number of carbonyl (C=O) groups is 1. The summed E-state index contributed by atoms with van der Waals surface area (Å²) in [5.74, 6) is 3.61. The van der Waals surface area contributed by atoms with Crippen LogP contribution in [-0.2, 0) is 0 Å². The molecule has 1 aromatic heterocycles. The lowest BCUT2D eigenvalue weighted by Crippen LogP contribution is -2.31. The molecule has 9 heteroatoms. The van der Waals surface area contributed by atoms with Crippen molar-refractivity contribution >= 4 is 22.7 Å². The van der Waals surface area contributed by atoms with Crippen LogP contribution in [0.25, 0.3) is 10.9 Å². The molecule has 204 valence electrons. The first kappa shape index (κ1) is 27.4. The Hall–Kier alpha value is -4.66. The molecule has 39 heavy (non-hydrogen) atoms. The summed E-state index contributed by atoms with van der Waals surface area (Å²) in [6, 6.07) is 16.3. The molecule has 0 bridgehead atoms. The first-order chi connectivity index (χ1) is 18.9. The minimum absolute atomic E-state index is 0.265. The lowest BCUT2D eigenvalue weighted by atomic mass is 10.1. The van der Waals surface area contributed by atoms with Gasteiger partial charge in [0.2, 0.25) is 0 Å². The van der Waals surface area contributed by atoms with Crippen molar-refractivity contribution in [3.63, 3.8) is 0 Å². The highest BCUT2D eigenvalue weighted by Gasteiger charge is 2.20. The van der Waals surface area contributed by atoms with Crippen molar-refractivity contribution in [3.05, 3.63) is 71.9 Å². The summed E-state index contributed by atoms with van der Waals surface area (Å²) in [5.41, 5.74) is 2.92. The van der Waals surface area contributed by atoms with Gasteiger partial charge in [-0.1, -0.05) is 12.1 Å². The van der Waals surface area contributed by atoms with E-state index in [0.29, 0.717) is 58.7 Å². The van der Waals surface area contributed by atoms with Crippen LogP contribution in [0.4, 0.5) is 10.5 Å². The van der Waals surface area contributed by atoms with Gasteiger partial charge in [-0.05, 0) is 67.8 Å². The van der Waals surface area contributed by atoms with Crippen LogP contribution in [-0.4, -0.2) is 50.7 Å². The maximum absolute atomic E-state index is 12.2. The third kappa shape index (κ3) is 5.93. The third-order valence-corrected chi connectivity index (χ3v) is 6.51. The number of amides is 1. The zero-order chi connectivity index (χ0) is 27.9. The molecule has 0 saturated heterocycles. The number of hydrogen-bond acceptors (Lipinski definition) is 7. The van der Waals surface area contributed by atoms with Crippen molar-refractivity contribution in [2.75, 3.05) is 39.4 Å². The van der Waals surface area contributed by atoms with Gasteiger partial charge < -0.3 is 28.8 Å². The number of carboxylic acid groups (broad SMARTS) is 1. The third-order valence-electron chi connectivity index (χ3n) is 6.51. The van der Waals surface area contributed by atoms with Crippen molar-refractivity contribution in [3.8, 4) is 34.5 Å². The topological polar surface area (TPSA) is 99.6 Å². The molecule has 0 radical (unpaired) electrons. The molecule has 1 amide bonds. The van der Waals surface area contributed by atoms with E-state index < -0.39 is 6.09 Å². The SMILES string of the molecule is COc1cc2nccc(Oc3ccc(N(CCCOc4ccccc4OC)C(=O)O)c(C)c3C)c2cc1OC. The van der Waals surface area contributed by atoms with Gasteiger partial charge in [-0.15, -0.1) is 0 Å². The maximum Gasteiger partial charge on any atom is 0.411 e. The molecule has 0 fully saturated rings. The number of para-hydroxylation sites is 2. The van der Waals surface area contributed by atoms with Gasteiger partial charge in [0.15, 0.2) is 23.0 Å². The molecule has 0 unspecified atom stereocenters. The maximum atomic E-state index is 12.2. The smallest absolute Gasteiger partial charge is 0.411 e. The first-order valence-electron chi connectivity index (χ1n) is 12.4. The lowest BCUT2D eigenvalue weighted by Gasteiger charge is -2.23. The Kier molecular flexibility index (Phi) is 8.60. The molecule has 1 N–H and O–H groups in total. The quantitative estimate of drug-likeness (QED) is 0.215. The van der Waals surface area contributed by atoms with E-state index in [2.05, 4.69) is 4.98 Å². The Balaban J connectivity index is 1.53. The second-order valence-electron chi connectivity index (χ2n) is 8.76. The minimum atomic E-state index is -1.04. The molecule has 0 spiro atoms. The number of pyridine rings is 1. The average Bonchev–Trinajstić information content (AvgIpc) is 2.95. The van der Waals surface area contributed by atoms with Crippen LogP contribution in [0.5, 0.6) is 34.5 Å². The average molecular weight is 533 g/mol. The van der Waals surface area contributed by atoms with Crippen LogP contribution >= 0.6 is 0 Å². The van der Waals surface area contributed by atoms with Crippen molar-refractivity contribution in [1.29, 1.82) is 0 Å². The number of hydrogen-bond donors (Lipinski definition) is 1. The van der Waals surface area contributed by atoms with Gasteiger partial charge in [-0.25, -0.2) is 4.79 Å². The predicted molar refractivity (Wildman–Crippen MR) is 149 cm³/mol. The van der Waals surface area contributed by atoms with Crippen LogP contribution in [0.15, 0.2) is 60.8 Å². The molecule has 0 aliphatic rings. The summed E-state index contributed by atoms with van der Waals surface area (Å²) in [5, 5.41) is 10.7. The Morgan fingerprint density at radius 3 is 2.21 bits per heavy atom. The van der Waals surface area contributed by atoms with E-state index in [1.165, 1.54) is 4.90 Å². The van der Waals surface area contributed by atoms with Crippen molar-refractivity contribution in [1.82, 2.24) is 4.98 Å². The van der Waals surface area contributed by atoms with Gasteiger partial charge in [0.05, 0.1) is 39.1 Å². The largest absolute Gasteiger partial charge is 0.493 e. The van der Waals surface area contributed by atoms with Crippen LogP contribution < -0.4 is 28.6 Å². The molecule has 0 aliphatic carbocycles. The van der Waals surface area contributed by atoms with E-state index in [1.54, 1.807) is 51.8 Å². The minimum Gasteiger partial charge on any atom is -0.493 e. The number of fused-ring (bicyclic) bond motifs is 1. The van der Waals surface area contributed by atoms with E-state index in [-0.39, 0.29) is 6.54 Å². The number of aromatic nitrogens is 1. The number of methoxy groups -OCH3 is 3. The molecule has 3 aromatic carbocycles. The van der Waals surface area contributed by atoms with E-state index in [1.807, 2.05) is 44.2 Å². The highest BCUT2D eigenvalue weighted by atomic mass is 16.5. The van der Waals surface area contributed by atoms with Crippen LogP contribution in [0, 0.1) is 13.8 Å². The van der Waals surface area contributed by atoms with E-state index in [4.69, 9.17) is 23.7 Å². The lowest BCUT2D eigenvalue weighted by molar-refractivity contribution is 0.200. The molecular formula is C30H32N2O7. The van der Waals surface area contributed by atoms with Crippen LogP contribution in [0.1, 0.15) is 17.5 Å². The second kappa shape index (κ2) is 12.3. The summed E-state index contributed by atoms with van der Waals surface area (Å²) < 4.78 is 28.3. The highest BCUT2D eigenvalue weighted by molar-refractivity contribution is 5.89. The fourth-order valence-corrected chi connectivity index (χ4v) is 4.30. The molecule has 0 atom stereocenters. The molecule has 4 rings (SSSR count). The molecule has 9 nitrogen and oxygen atoms in total. The second-order valence-corrected chi connectivity index (χ2v) is 8.76. The van der Waals surface area contributed by atoms with Crippen LogP contribution in [0.2, 0.25) is 0 Å². The van der Waals surface area contributed by atoms with Gasteiger partial charge in [0, 0.05) is 24.2 Å². The van der Waals surface area contributed by atoms with Crippen LogP contribution in [0.3, 0.4) is 0 Å². The number of anilines is 1. The van der Waals surface area contributed by atoms with Gasteiger partial charge in [-0.3, -0.25) is 9.88 Å². The number of benzene rings is 3. The van der Waals surface area contributed by atoms with Crippen molar-refractivity contribution < 1.29 is 33.6 Å². The predicted octanol–water partition coefficient (Wildman–Crippen LogP) is 6.62. The summed E-state index contributed by atoms with van der Waals surface area (Å²) in [6.45, 7) is 4.40. The number of nitrogens with zero attached hydrogens (tertiary/aromatic N) is 2. The van der Waals surface area contributed by atoms with Gasteiger partial charge >= 0.3 is 6.09 Å². The first-order valence-corrected chi connectivity index (χ1v) is 12.4. The molecule has 0 saturated carbocycles. The summed E-state index contributed by atoms with van der Waals surface area (Å²) in [7, 11) is 4.73. The van der Waals surface area contributed by atoms with E-state index in [9.17, 15) is 9.90 Å². The van der Waals surface area contributed by atoms with Gasteiger partial charge in [0.1, 0.15) is 11.5 Å². The molecule has 0 aliphatic heterocycles. The van der Waals surface area contributed by atoms with Gasteiger partial charge in [-0.2, -0.15) is 0 Å². The van der Waals surface area contributed by atoms with E-state index in [0.717, 1.165) is 16.5 Å². The van der Waals surface area contributed by atoms with E-state index >= 15 is 0 Å². The normalized spacial score (nSPS) is 10.7. The number of ether oxygens (including phenoxy) is 5. The van der Waals surface area contributed by atoms with Crippen molar-refractivity contribution in [2.24, 2.45) is 0 Å². The standard InChI is InChI=1S/C30H32N2O7/c1-19-20(2)24(39-25-13-14-31-22-18-29(37-5)28(36-4)17-21(22)25)12-11-23(19)32(30(33)34)15-8-16-38-27-10-7-6-9-26(27)35-3/h6-7,9-14,17-18H,8,15-16H2,1-5H3,(H,33,34). The Morgan fingerprint density at radius 2 is 1.51 bits per heavy atom. The molecular weight excluding hydrogens is 500 g/mol. The Labute approximate surface area is 227 Å². The highest BCUT2D eigenvalue weighted by Crippen LogP contribution is 2.39. The van der Waals surface area contributed by atoms with Gasteiger partial charge in [0.25, 0.3) is 0 Å². The number of rotatable bonds is 11. The Morgan fingerprint density at radius 1 is 0.821 bits per heavy atom. The zero-order valence-corrected chi connectivity index (χ0v) is 22.7. The zero-order valence-electron chi connectivity index (χ0n) is 22.7. The fourth-order valence-electron chi connectivity index (χ4n) is 4.30. The monoisotopic (exact) mass is 532 g/mol. The fraction of sp³-hybridized carbons (Fsp3) is 0.267. The summed E-state index contributed by atoms with van der Waals surface area (Å²) in [6.07, 6.45) is 1.12. The Bertz CT molecular complexity index is 1470. The molecule has 4 aromatic rings. The van der Waals surface area contributed by atoms with Crippen molar-refractivity contribution in [2.45, 2.75) is 20.3 Å².